The largest absolute Gasteiger partial charge is 0.489 e. The maximum Gasteiger partial charge on any atom is 0.307 e. The first-order valence-electron chi connectivity index (χ1n) is 6.96. The first kappa shape index (κ1) is 15.1. The molecular formula is C18H20O3. The van der Waals surface area contributed by atoms with E-state index in [-0.39, 0.29) is 6.42 Å². The van der Waals surface area contributed by atoms with Gasteiger partial charge < -0.3 is 9.84 Å². The quantitative estimate of drug-likeness (QED) is 0.908. The molecule has 0 spiro atoms. The van der Waals surface area contributed by atoms with Crippen molar-refractivity contribution in [2.75, 3.05) is 0 Å². The molecule has 2 aromatic rings. The van der Waals surface area contributed by atoms with Crippen LogP contribution < -0.4 is 4.74 Å². The third-order valence-electron chi connectivity index (χ3n) is 3.50. The molecule has 0 saturated carbocycles. The summed E-state index contributed by atoms with van der Waals surface area (Å²) in [6.45, 7) is 6.80. The number of carboxylic acid groups (broad SMARTS) is 1. The number of hydrogen-bond acceptors (Lipinski definition) is 2. The average Bonchev–Trinajstić information content (AvgIpc) is 2.38. The molecule has 0 atom stereocenters. The van der Waals surface area contributed by atoms with Crippen LogP contribution in [0.4, 0.5) is 0 Å². The molecule has 1 N–H and O–H groups in total. The fraction of sp³-hybridized carbons (Fsp3) is 0.278. The lowest BCUT2D eigenvalue weighted by atomic mass is 10.0. The van der Waals surface area contributed by atoms with Gasteiger partial charge in [0.25, 0.3) is 0 Å². The number of carboxylic acids is 1. The summed E-state index contributed by atoms with van der Waals surface area (Å²) in [7, 11) is 0. The smallest absolute Gasteiger partial charge is 0.307 e. The van der Waals surface area contributed by atoms with Crippen molar-refractivity contribution >= 4 is 5.97 Å². The van der Waals surface area contributed by atoms with E-state index in [2.05, 4.69) is 32.9 Å². The molecule has 110 valence electrons. The van der Waals surface area contributed by atoms with Crippen LogP contribution in [0.15, 0.2) is 36.4 Å². The molecular weight excluding hydrogens is 264 g/mol. The van der Waals surface area contributed by atoms with E-state index >= 15 is 0 Å². The van der Waals surface area contributed by atoms with Gasteiger partial charge in [-0.25, -0.2) is 0 Å². The minimum Gasteiger partial charge on any atom is -0.489 e. The Morgan fingerprint density at radius 3 is 2.14 bits per heavy atom. The summed E-state index contributed by atoms with van der Waals surface area (Å²) in [5.74, 6) is -0.0712. The monoisotopic (exact) mass is 284 g/mol. The number of carbonyl (C=O) groups is 1. The fourth-order valence-electron chi connectivity index (χ4n) is 2.47. The zero-order valence-corrected chi connectivity index (χ0v) is 12.6. The van der Waals surface area contributed by atoms with E-state index in [1.165, 1.54) is 22.3 Å². The van der Waals surface area contributed by atoms with Gasteiger partial charge in [-0.15, -0.1) is 0 Å². The maximum absolute atomic E-state index is 10.6. The van der Waals surface area contributed by atoms with Crippen LogP contribution >= 0.6 is 0 Å². The molecule has 0 fully saturated rings. The lowest BCUT2D eigenvalue weighted by Gasteiger charge is -2.13. The molecule has 0 aliphatic carbocycles. The van der Waals surface area contributed by atoms with Crippen LogP contribution in [0, 0.1) is 20.8 Å². The summed E-state index contributed by atoms with van der Waals surface area (Å²) in [5.41, 5.74) is 5.70. The molecule has 0 saturated heterocycles. The van der Waals surface area contributed by atoms with E-state index in [9.17, 15) is 4.79 Å². The molecule has 21 heavy (non-hydrogen) atoms. The molecule has 0 bridgehead atoms. The van der Waals surface area contributed by atoms with Crippen molar-refractivity contribution in [3.05, 3.63) is 64.2 Å². The zero-order chi connectivity index (χ0) is 15.4. The number of benzene rings is 2. The third kappa shape index (κ3) is 4.09. The molecule has 2 aromatic carbocycles. The van der Waals surface area contributed by atoms with E-state index in [1.807, 2.05) is 12.1 Å². The van der Waals surface area contributed by atoms with Gasteiger partial charge in [0.05, 0.1) is 6.42 Å². The van der Waals surface area contributed by atoms with Gasteiger partial charge in [0.15, 0.2) is 0 Å². The van der Waals surface area contributed by atoms with E-state index in [0.717, 1.165) is 11.3 Å². The predicted octanol–water partition coefficient (Wildman–Crippen LogP) is 3.82. The fourth-order valence-corrected chi connectivity index (χ4v) is 2.47. The number of hydrogen-bond donors (Lipinski definition) is 1. The van der Waals surface area contributed by atoms with Gasteiger partial charge in [-0.2, -0.15) is 0 Å². The number of ether oxygens (including phenoxy) is 1. The summed E-state index contributed by atoms with van der Waals surface area (Å²) >= 11 is 0. The van der Waals surface area contributed by atoms with Gasteiger partial charge in [0.2, 0.25) is 0 Å². The van der Waals surface area contributed by atoms with Crippen LogP contribution in [0.25, 0.3) is 0 Å². The average molecular weight is 284 g/mol. The Morgan fingerprint density at radius 2 is 1.62 bits per heavy atom. The first-order valence-corrected chi connectivity index (χ1v) is 6.96. The predicted molar refractivity (Wildman–Crippen MR) is 82.8 cm³/mol. The van der Waals surface area contributed by atoms with Crippen LogP contribution in [0.1, 0.15) is 27.8 Å². The molecule has 0 aromatic heterocycles. The maximum atomic E-state index is 10.6. The minimum absolute atomic E-state index is 0.0382. The van der Waals surface area contributed by atoms with Crippen molar-refractivity contribution in [2.45, 2.75) is 33.8 Å². The lowest BCUT2D eigenvalue weighted by molar-refractivity contribution is -0.136. The zero-order valence-electron chi connectivity index (χ0n) is 12.6. The van der Waals surface area contributed by atoms with Gasteiger partial charge in [0.1, 0.15) is 12.4 Å². The molecule has 3 heteroatoms. The van der Waals surface area contributed by atoms with Crippen molar-refractivity contribution < 1.29 is 14.6 Å². The summed E-state index contributed by atoms with van der Waals surface area (Å²) < 4.78 is 5.81. The van der Waals surface area contributed by atoms with Gasteiger partial charge >= 0.3 is 5.97 Å². The van der Waals surface area contributed by atoms with Gasteiger partial charge in [-0.1, -0.05) is 29.8 Å². The van der Waals surface area contributed by atoms with E-state index < -0.39 is 5.97 Å². The van der Waals surface area contributed by atoms with Crippen LogP contribution in [0.5, 0.6) is 5.75 Å². The van der Waals surface area contributed by atoms with Crippen molar-refractivity contribution in [1.82, 2.24) is 0 Å². The Morgan fingerprint density at radius 1 is 1.05 bits per heavy atom. The summed E-state index contributed by atoms with van der Waals surface area (Å²) in [6.07, 6.45) is 0.0382. The molecule has 0 radical (unpaired) electrons. The molecule has 2 rings (SSSR count). The number of aliphatic carboxylic acids is 1. The number of rotatable bonds is 5. The van der Waals surface area contributed by atoms with Crippen molar-refractivity contribution in [3.63, 3.8) is 0 Å². The Kier molecular flexibility index (Phi) is 4.63. The van der Waals surface area contributed by atoms with Crippen LogP contribution in [-0.2, 0) is 17.8 Å². The summed E-state index contributed by atoms with van der Waals surface area (Å²) in [5, 5.41) is 8.74. The summed E-state index contributed by atoms with van der Waals surface area (Å²) in [6, 6.07) is 11.5. The standard InChI is InChI=1S/C18H20O3/c1-12-8-13(2)17(14(3)9-12)11-21-16-6-4-15(5-7-16)10-18(19)20/h4-9H,10-11H2,1-3H3,(H,19,20). The Bertz CT molecular complexity index is 619. The van der Waals surface area contributed by atoms with Crippen LogP contribution in [0.3, 0.4) is 0 Å². The Labute approximate surface area is 125 Å². The van der Waals surface area contributed by atoms with E-state index in [0.29, 0.717) is 6.61 Å². The van der Waals surface area contributed by atoms with Gasteiger partial charge in [0, 0.05) is 0 Å². The highest BCUT2D eigenvalue weighted by Gasteiger charge is 2.05. The van der Waals surface area contributed by atoms with Crippen molar-refractivity contribution in [3.8, 4) is 5.75 Å². The highest BCUT2D eigenvalue weighted by atomic mass is 16.5. The molecule has 0 unspecified atom stereocenters. The second kappa shape index (κ2) is 6.44. The SMILES string of the molecule is Cc1cc(C)c(COc2ccc(CC(=O)O)cc2)c(C)c1. The summed E-state index contributed by atoms with van der Waals surface area (Å²) in [4.78, 5) is 10.6. The van der Waals surface area contributed by atoms with E-state index in [4.69, 9.17) is 9.84 Å². The third-order valence-corrected chi connectivity index (χ3v) is 3.50. The van der Waals surface area contributed by atoms with Gasteiger partial charge in [-0.3, -0.25) is 4.79 Å². The molecule has 0 aliphatic heterocycles. The lowest BCUT2D eigenvalue weighted by Crippen LogP contribution is -2.02. The topological polar surface area (TPSA) is 46.5 Å². The van der Waals surface area contributed by atoms with Crippen LogP contribution in [0.2, 0.25) is 0 Å². The first-order chi connectivity index (χ1) is 9.95. The molecule has 0 heterocycles. The number of aryl methyl sites for hydroxylation is 3. The normalized spacial score (nSPS) is 10.4. The molecule has 0 amide bonds. The van der Waals surface area contributed by atoms with Crippen molar-refractivity contribution in [1.29, 1.82) is 0 Å². The molecule has 0 aliphatic rings. The van der Waals surface area contributed by atoms with Crippen molar-refractivity contribution in [2.24, 2.45) is 0 Å². The van der Waals surface area contributed by atoms with Gasteiger partial charge in [-0.05, 0) is 55.2 Å². The minimum atomic E-state index is -0.824. The Hall–Kier alpha value is -2.29. The van der Waals surface area contributed by atoms with E-state index in [1.54, 1.807) is 12.1 Å². The highest BCUT2D eigenvalue weighted by molar-refractivity contribution is 5.70. The Balaban J connectivity index is 2.05. The second-order valence-electron chi connectivity index (χ2n) is 5.38. The highest BCUT2D eigenvalue weighted by Crippen LogP contribution is 2.20. The second-order valence-corrected chi connectivity index (χ2v) is 5.38. The molecule has 3 nitrogen and oxygen atoms in total. The van der Waals surface area contributed by atoms with Crippen LogP contribution in [-0.4, -0.2) is 11.1 Å².